The van der Waals surface area contributed by atoms with E-state index >= 15 is 0 Å². The van der Waals surface area contributed by atoms with Gasteiger partial charge >= 0.3 is 0 Å². The molecule has 39 heavy (non-hydrogen) atoms. The molecule has 4 N–H and O–H groups in total. The molecule has 1 aliphatic carbocycles. The molecule has 208 valence electrons. The number of nitrogens with one attached hydrogen (secondary N) is 2. The number of carbonyl (C=O) groups excluding carboxylic acids is 4. The Morgan fingerprint density at radius 2 is 1.85 bits per heavy atom. The molecule has 2 aromatic rings. The molecule has 10 heteroatoms. The summed E-state index contributed by atoms with van der Waals surface area (Å²) in [5.41, 5.74) is 0.743. The molecule has 3 amide bonds. The van der Waals surface area contributed by atoms with Gasteiger partial charge < -0.3 is 25.7 Å². The highest BCUT2D eigenvalue weighted by molar-refractivity contribution is 6.00. The number of aromatic hydroxyl groups is 1. The lowest BCUT2D eigenvalue weighted by Gasteiger charge is -2.36. The third kappa shape index (κ3) is 6.44. The summed E-state index contributed by atoms with van der Waals surface area (Å²) in [5, 5.41) is 27.1. The monoisotopic (exact) mass is 536 g/mol. The Morgan fingerprint density at radius 1 is 1.13 bits per heavy atom. The molecule has 1 aromatic heterocycles. The third-order valence-corrected chi connectivity index (χ3v) is 7.79. The number of pyridine rings is 1. The Hall–Kier alpha value is -3.79. The average Bonchev–Trinajstić information content (AvgIpc) is 3.75. The Labute approximate surface area is 227 Å². The van der Waals surface area contributed by atoms with Gasteiger partial charge in [0.05, 0.1) is 29.7 Å². The SMILES string of the molecule is C[C@H]1CC(=O)C(C2CC2)N(C)C(=O)[C@H](C)[C@H](O)[C@H](Cc2cccnc2)NC(=O)[C@H]1NC(=O)c1ccccc1O. The number of likely N-dealkylation sites (N-methyl/N-ethyl adjacent to an activating group) is 1. The minimum atomic E-state index is -1.27. The van der Waals surface area contributed by atoms with Crippen molar-refractivity contribution in [2.24, 2.45) is 17.8 Å². The van der Waals surface area contributed by atoms with Crippen LogP contribution in [0.25, 0.3) is 0 Å². The van der Waals surface area contributed by atoms with Gasteiger partial charge in [-0.25, -0.2) is 0 Å². The van der Waals surface area contributed by atoms with E-state index in [1.165, 1.54) is 17.0 Å². The number of benzene rings is 1. The van der Waals surface area contributed by atoms with Crippen molar-refractivity contribution >= 4 is 23.5 Å². The van der Waals surface area contributed by atoms with E-state index in [1.54, 1.807) is 51.5 Å². The van der Waals surface area contributed by atoms with Crippen LogP contribution < -0.4 is 10.6 Å². The molecular formula is C29H36N4O6. The van der Waals surface area contributed by atoms with Crippen LogP contribution in [-0.4, -0.2) is 74.9 Å². The van der Waals surface area contributed by atoms with Gasteiger partial charge in [-0.1, -0.05) is 32.0 Å². The number of para-hydroxylation sites is 1. The third-order valence-electron chi connectivity index (χ3n) is 7.79. The molecule has 2 heterocycles. The van der Waals surface area contributed by atoms with Crippen LogP contribution in [0.5, 0.6) is 5.75 Å². The van der Waals surface area contributed by atoms with Crippen LogP contribution in [0.2, 0.25) is 0 Å². The van der Waals surface area contributed by atoms with Gasteiger partial charge in [0.2, 0.25) is 11.8 Å². The van der Waals surface area contributed by atoms with Gasteiger partial charge in [0.15, 0.2) is 5.78 Å². The molecule has 6 atom stereocenters. The van der Waals surface area contributed by atoms with Crippen LogP contribution in [0, 0.1) is 17.8 Å². The zero-order chi connectivity index (χ0) is 28.3. The zero-order valence-corrected chi connectivity index (χ0v) is 22.4. The lowest BCUT2D eigenvalue weighted by atomic mass is 9.87. The number of phenolic OH excluding ortho intramolecular Hbond substituents is 1. The first-order valence-electron chi connectivity index (χ1n) is 13.3. The second-order valence-corrected chi connectivity index (χ2v) is 10.8. The zero-order valence-electron chi connectivity index (χ0n) is 22.4. The number of hydrogen-bond acceptors (Lipinski definition) is 7. The lowest BCUT2D eigenvalue weighted by molar-refractivity contribution is -0.146. The van der Waals surface area contributed by atoms with Gasteiger partial charge in [-0.2, -0.15) is 0 Å². The van der Waals surface area contributed by atoms with Crippen LogP contribution in [0.3, 0.4) is 0 Å². The molecule has 0 bridgehead atoms. The fraction of sp³-hybridized carbons (Fsp3) is 0.483. The normalized spacial score (nSPS) is 28.7. The van der Waals surface area contributed by atoms with E-state index < -0.39 is 47.9 Å². The molecule has 0 radical (unpaired) electrons. The maximum atomic E-state index is 13.7. The predicted molar refractivity (Wildman–Crippen MR) is 142 cm³/mol. The summed E-state index contributed by atoms with van der Waals surface area (Å²) < 4.78 is 0. The number of amides is 3. The van der Waals surface area contributed by atoms with Gasteiger partial charge in [0, 0.05) is 25.9 Å². The molecule has 1 saturated carbocycles. The van der Waals surface area contributed by atoms with E-state index in [-0.39, 0.29) is 41.8 Å². The summed E-state index contributed by atoms with van der Waals surface area (Å²) in [6.45, 7) is 3.28. The Balaban J connectivity index is 1.70. The highest BCUT2D eigenvalue weighted by Gasteiger charge is 2.45. The van der Waals surface area contributed by atoms with Gasteiger partial charge in [0.1, 0.15) is 11.8 Å². The number of carbonyl (C=O) groups is 4. The van der Waals surface area contributed by atoms with Crippen molar-refractivity contribution in [2.45, 2.75) is 63.8 Å². The Morgan fingerprint density at radius 3 is 2.49 bits per heavy atom. The summed E-state index contributed by atoms with van der Waals surface area (Å²) >= 11 is 0. The molecule has 1 aliphatic heterocycles. The van der Waals surface area contributed by atoms with Crippen molar-refractivity contribution in [3.8, 4) is 5.75 Å². The van der Waals surface area contributed by atoms with Gasteiger partial charge in [0.25, 0.3) is 5.91 Å². The minimum absolute atomic E-state index is 0.00306. The van der Waals surface area contributed by atoms with Crippen LogP contribution in [0.1, 0.15) is 49.0 Å². The first-order valence-corrected chi connectivity index (χ1v) is 13.3. The fourth-order valence-electron chi connectivity index (χ4n) is 5.37. The first kappa shape index (κ1) is 28.2. The van der Waals surface area contributed by atoms with Gasteiger partial charge in [-0.05, 0) is 54.9 Å². The average molecular weight is 537 g/mol. The summed E-state index contributed by atoms with van der Waals surface area (Å²) in [7, 11) is 1.59. The molecular weight excluding hydrogens is 500 g/mol. The van der Waals surface area contributed by atoms with Gasteiger partial charge in [-0.15, -0.1) is 0 Å². The Bertz CT molecular complexity index is 1220. The molecule has 1 unspecified atom stereocenters. The molecule has 1 saturated heterocycles. The van der Waals surface area contributed by atoms with E-state index in [9.17, 15) is 29.4 Å². The molecule has 10 nitrogen and oxygen atoms in total. The Kier molecular flexibility index (Phi) is 8.64. The summed E-state index contributed by atoms with van der Waals surface area (Å²) in [5.74, 6) is -3.56. The number of ketones is 1. The van der Waals surface area contributed by atoms with E-state index in [0.717, 1.165) is 18.4 Å². The largest absolute Gasteiger partial charge is 0.507 e. The highest BCUT2D eigenvalue weighted by atomic mass is 16.3. The van der Waals surface area contributed by atoms with Crippen LogP contribution in [0.4, 0.5) is 0 Å². The minimum Gasteiger partial charge on any atom is -0.507 e. The maximum Gasteiger partial charge on any atom is 0.255 e. The molecule has 4 rings (SSSR count). The van der Waals surface area contributed by atoms with Crippen molar-refractivity contribution in [3.05, 3.63) is 59.9 Å². The number of nitrogens with zero attached hydrogens (tertiary/aromatic N) is 2. The quantitative estimate of drug-likeness (QED) is 0.452. The second-order valence-electron chi connectivity index (χ2n) is 10.8. The van der Waals surface area contributed by atoms with E-state index in [1.807, 2.05) is 6.07 Å². The van der Waals surface area contributed by atoms with Crippen molar-refractivity contribution in [2.75, 3.05) is 7.05 Å². The second kappa shape index (κ2) is 11.9. The van der Waals surface area contributed by atoms with Crippen molar-refractivity contribution in [1.29, 1.82) is 0 Å². The number of hydrogen-bond donors (Lipinski definition) is 4. The van der Waals surface area contributed by atoms with Crippen molar-refractivity contribution in [1.82, 2.24) is 20.5 Å². The van der Waals surface area contributed by atoms with Gasteiger partial charge in [-0.3, -0.25) is 24.2 Å². The number of aliphatic hydroxyl groups excluding tert-OH is 1. The molecule has 2 aliphatic rings. The van der Waals surface area contributed by atoms with Crippen LogP contribution >= 0.6 is 0 Å². The first-order chi connectivity index (χ1) is 18.6. The van der Waals surface area contributed by atoms with E-state index in [2.05, 4.69) is 15.6 Å². The van der Waals surface area contributed by atoms with Crippen molar-refractivity contribution < 1.29 is 29.4 Å². The van der Waals surface area contributed by atoms with Crippen molar-refractivity contribution in [3.63, 3.8) is 0 Å². The maximum absolute atomic E-state index is 13.7. The van der Waals surface area contributed by atoms with E-state index in [0.29, 0.717) is 0 Å². The van der Waals surface area contributed by atoms with Crippen LogP contribution in [0.15, 0.2) is 48.8 Å². The van der Waals surface area contributed by atoms with E-state index in [4.69, 9.17) is 0 Å². The number of rotatable bonds is 5. The number of phenols is 1. The summed E-state index contributed by atoms with van der Waals surface area (Å²) in [4.78, 5) is 59.3. The number of aromatic nitrogens is 1. The topological polar surface area (TPSA) is 149 Å². The predicted octanol–water partition coefficient (Wildman–Crippen LogP) is 1.46. The smallest absolute Gasteiger partial charge is 0.255 e. The highest BCUT2D eigenvalue weighted by Crippen LogP contribution is 2.37. The lowest BCUT2D eigenvalue weighted by Crippen LogP contribution is -2.59. The summed E-state index contributed by atoms with van der Waals surface area (Å²) in [6.07, 6.45) is 3.75. The standard InChI is InChI=1S/C29H36N4O6/c1-16-13-23(35)25(19-10-11-19)33(3)29(39)17(2)26(36)21(14-18-7-6-12-30-15-18)31-28(38)24(16)32-27(37)20-8-4-5-9-22(20)34/h4-9,12,15-17,19,21,24-26,34,36H,10-11,13-14H2,1-3H3,(H,31,38)(H,32,37)/t16-,17+,21-,24-,25?,26-/m0/s1. The molecule has 2 fully saturated rings. The van der Waals surface area contributed by atoms with Crippen LogP contribution in [-0.2, 0) is 20.8 Å². The molecule has 1 aromatic carbocycles. The number of Topliss-reactive ketones (excluding diaryl/α,β-unsaturated/α-hetero) is 1. The summed E-state index contributed by atoms with van der Waals surface area (Å²) in [6, 6.07) is 6.86. The number of aliphatic hydroxyl groups is 1. The fourth-order valence-corrected chi connectivity index (χ4v) is 5.37. The molecule has 0 spiro atoms.